The monoisotopic (exact) mass is 373 g/mol. The maximum atomic E-state index is 13.7. The fourth-order valence-electron chi connectivity index (χ4n) is 4.47. The number of imide groups is 1. The molecule has 0 radical (unpaired) electrons. The molecule has 3 aliphatic rings. The molecule has 5 nitrogen and oxygen atoms in total. The van der Waals surface area contributed by atoms with E-state index in [0.29, 0.717) is 12.3 Å². The van der Waals surface area contributed by atoms with Gasteiger partial charge >= 0.3 is 0 Å². The molecule has 0 spiro atoms. The molecule has 5 atom stereocenters. The Morgan fingerprint density at radius 3 is 2.31 bits per heavy atom. The number of carbonyl (C=O) groups excluding carboxylic acids is 2. The Hall–Kier alpha value is -1.71. The van der Waals surface area contributed by atoms with Crippen molar-refractivity contribution >= 4 is 24.9 Å². The van der Waals surface area contributed by atoms with Crippen LogP contribution >= 0.6 is 7.37 Å². The van der Waals surface area contributed by atoms with Gasteiger partial charge in [-0.25, -0.2) is 4.90 Å². The number of carbonyl (C=O) groups is 2. The zero-order valence-electron chi connectivity index (χ0n) is 15.5. The highest BCUT2D eigenvalue weighted by Gasteiger charge is 2.71. The fourth-order valence-corrected chi connectivity index (χ4v) is 8.38. The maximum absolute atomic E-state index is 13.7. The second-order valence-corrected chi connectivity index (χ2v) is 11.4. The van der Waals surface area contributed by atoms with E-state index in [4.69, 9.17) is 4.52 Å². The number of rotatable bonds is 3. The van der Waals surface area contributed by atoms with Gasteiger partial charge in [0.2, 0.25) is 19.2 Å². The minimum Gasteiger partial charge on any atom is -0.327 e. The van der Waals surface area contributed by atoms with E-state index in [1.165, 1.54) is 4.90 Å². The molecule has 138 valence electrons. The fraction of sp³-hybridized carbons (Fsp3) is 0.500. The molecule has 3 aliphatic heterocycles. The van der Waals surface area contributed by atoms with Crippen LogP contribution in [0.1, 0.15) is 27.7 Å². The van der Waals surface area contributed by atoms with Crippen molar-refractivity contribution in [2.45, 2.75) is 39.0 Å². The molecule has 6 heteroatoms. The zero-order chi connectivity index (χ0) is 18.9. The first-order valence-electron chi connectivity index (χ1n) is 9.00. The predicted molar refractivity (Wildman–Crippen MR) is 100 cm³/mol. The van der Waals surface area contributed by atoms with Gasteiger partial charge in [0.05, 0.1) is 35.4 Å². The van der Waals surface area contributed by atoms with Gasteiger partial charge in [0.15, 0.2) is 0 Å². The lowest BCUT2D eigenvalue weighted by Crippen LogP contribution is -2.34. The molecular weight excluding hydrogens is 349 g/mol. The van der Waals surface area contributed by atoms with Crippen LogP contribution in [0.5, 0.6) is 0 Å². The van der Waals surface area contributed by atoms with Gasteiger partial charge in [-0.3, -0.25) is 14.2 Å². The number of benzene rings is 1. The summed E-state index contributed by atoms with van der Waals surface area (Å²) >= 11 is 0. The Balaban J connectivity index is 1.70. The number of hydrogen-bond donors (Lipinski definition) is 0. The third-order valence-corrected chi connectivity index (χ3v) is 8.86. The van der Waals surface area contributed by atoms with Gasteiger partial charge in [-0.2, -0.15) is 0 Å². The van der Waals surface area contributed by atoms with E-state index in [2.05, 4.69) is 0 Å². The van der Waals surface area contributed by atoms with E-state index in [1.54, 1.807) is 24.3 Å². The quantitative estimate of drug-likeness (QED) is 0.459. The number of fused-ring (bicyclic) bond motifs is 5. The predicted octanol–water partition coefficient (Wildman–Crippen LogP) is 3.84. The molecule has 0 unspecified atom stereocenters. The largest absolute Gasteiger partial charge is 0.327 e. The Labute approximate surface area is 153 Å². The number of hydrogen-bond acceptors (Lipinski definition) is 4. The standard InChI is InChI=1S/C20H24NO4P/c1-12-10-14-15-16(17(12)26(14,24)25-11-20(2,3)4)19(23)21(18(15)22)13-8-6-5-7-9-13/h5-10,14-17H,11H2,1-4H3/t14-,15+,16+,17+,26-/m0/s1. The molecule has 2 amide bonds. The summed E-state index contributed by atoms with van der Waals surface area (Å²) in [4.78, 5) is 27.5. The van der Waals surface area contributed by atoms with E-state index in [0.717, 1.165) is 5.57 Å². The smallest absolute Gasteiger partial charge is 0.238 e. The molecule has 0 saturated carbocycles. The summed E-state index contributed by atoms with van der Waals surface area (Å²) in [5.41, 5.74) is 0.422. The normalized spacial score (nSPS) is 35.8. The summed E-state index contributed by atoms with van der Waals surface area (Å²) in [5, 5.41) is 0. The second-order valence-electron chi connectivity index (χ2n) is 8.72. The Bertz CT molecular complexity index is 854. The van der Waals surface area contributed by atoms with Crippen LogP contribution in [-0.4, -0.2) is 29.7 Å². The SMILES string of the molecule is CC1=C[C@H]2[C@H]3C(=O)N(c4ccccc4)C(=O)[C@H]3[C@@H]1[P@@]2(=O)OCC(C)(C)C. The van der Waals surface area contributed by atoms with Gasteiger partial charge in [0.1, 0.15) is 0 Å². The number of nitrogens with zero attached hydrogens (tertiary/aromatic N) is 1. The molecule has 26 heavy (non-hydrogen) atoms. The Kier molecular flexibility index (Phi) is 3.84. The van der Waals surface area contributed by atoms with Crippen LogP contribution in [0.4, 0.5) is 5.69 Å². The highest BCUT2D eigenvalue weighted by atomic mass is 31.2. The van der Waals surface area contributed by atoms with E-state index in [-0.39, 0.29) is 17.2 Å². The van der Waals surface area contributed by atoms with E-state index in [1.807, 2.05) is 39.8 Å². The molecule has 0 aliphatic carbocycles. The second kappa shape index (κ2) is 5.64. The van der Waals surface area contributed by atoms with Crippen LogP contribution in [0.15, 0.2) is 42.0 Å². The van der Waals surface area contributed by atoms with Crippen LogP contribution in [0.25, 0.3) is 0 Å². The molecule has 2 saturated heterocycles. The first kappa shape index (κ1) is 17.7. The van der Waals surface area contributed by atoms with Crippen molar-refractivity contribution in [1.82, 2.24) is 0 Å². The van der Waals surface area contributed by atoms with Gasteiger partial charge in [0, 0.05) is 0 Å². The Morgan fingerprint density at radius 1 is 1.08 bits per heavy atom. The van der Waals surface area contributed by atoms with E-state index < -0.39 is 30.5 Å². The zero-order valence-corrected chi connectivity index (χ0v) is 16.4. The van der Waals surface area contributed by atoms with Crippen molar-refractivity contribution in [3.8, 4) is 0 Å². The molecular formula is C20H24NO4P. The lowest BCUT2D eigenvalue weighted by molar-refractivity contribution is -0.122. The maximum Gasteiger partial charge on any atom is 0.238 e. The van der Waals surface area contributed by atoms with E-state index in [9.17, 15) is 14.2 Å². The topological polar surface area (TPSA) is 63.7 Å². The summed E-state index contributed by atoms with van der Waals surface area (Å²) in [6, 6.07) is 8.97. The minimum atomic E-state index is -3.12. The third-order valence-electron chi connectivity index (χ3n) is 5.52. The van der Waals surface area contributed by atoms with Crippen molar-refractivity contribution in [1.29, 1.82) is 0 Å². The van der Waals surface area contributed by atoms with Crippen molar-refractivity contribution in [2.24, 2.45) is 17.3 Å². The summed E-state index contributed by atoms with van der Waals surface area (Å²) in [7, 11) is -3.12. The average molecular weight is 373 g/mol. The average Bonchev–Trinajstić information content (AvgIpc) is 3.08. The molecule has 2 bridgehead atoms. The molecule has 0 aromatic heterocycles. The summed E-state index contributed by atoms with van der Waals surface area (Å²) in [6.45, 7) is 8.31. The molecule has 1 aromatic carbocycles. The number of anilines is 1. The molecule has 0 N–H and O–H groups in total. The molecule has 2 fully saturated rings. The Morgan fingerprint density at radius 2 is 1.69 bits per heavy atom. The van der Waals surface area contributed by atoms with Crippen molar-refractivity contribution in [3.63, 3.8) is 0 Å². The number of para-hydroxylation sites is 1. The van der Waals surface area contributed by atoms with E-state index >= 15 is 0 Å². The summed E-state index contributed by atoms with van der Waals surface area (Å²) in [6.07, 6.45) is 1.91. The van der Waals surface area contributed by atoms with Crippen LogP contribution in [0, 0.1) is 17.3 Å². The first-order chi connectivity index (χ1) is 12.1. The lowest BCUT2D eigenvalue weighted by atomic mass is 9.82. The summed E-state index contributed by atoms with van der Waals surface area (Å²) < 4.78 is 19.7. The van der Waals surface area contributed by atoms with Gasteiger partial charge in [-0.1, -0.05) is 50.6 Å². The molecule has 1 aromatic rings. The summed E-state index contributed by atoms with van der Waals surface area (Å²) in [5.74, 6) is -1.63. The lowest BCUT2D eigenvalue weighted by Gasteiger charge is -2.27. The highest BCUT2D eigenvalue weighted by Crippen LogP contribution is 2.75. The van der Waals surface area contributed by atoms with Crippen molar-refractivity contribution in [2.75, 3.05) is 11.5 Å². The van der Waals surface area contributed by atoms with Crippen molar-refractivity contribution < 1.29 is 18.7 Å². The third kappa shape index (κ3) is 2.37. The minimum absolute atomic E-state index is 0.132. The number of allylic oxidation sites excluding steroid dienone is 2. The van der Waals surface area contributed by atoms with Gasteiger partial charge < -0.3 is 4.52 Å². The van der Waals surface area contributed by atoms with Crippen LogP contribution in [0.2, 0.25) is 0 Å². The van der Waals surface area contributed by atoms with Crippen molar-refractivity contribution in [3.05, 3.63) is 42.0 Å². The first-order valence-corrected chi connectivity index (χ1v) is 10.8. The van der Waals surface area contributed by atoms with Crippen LogP contribution < -0.4 is 4.90 Å². The van der Waals surface area contributed by atoms with Gasteiger partial charge in [-0.05, 0) is 24.5 Å². The van der Waals surface area contributed by atoms with Gasteiger partial charge in [-0.15, -0.1) is 0 Å². The van der Waals surface area contributed by atoms with Crippen LogP contribution in [-0.2, 0) is 18.7 Å². The highest BCUT2D eigenvalue weighted by molar-refractivity contribution is 7.62. The molecule has 3 heterocycles. The molecule has 4 rings (SSSR count). The van der Waals surface area contributed by atoms with Gasteiger partial charge in [0.25, 0.3) is 0 Å². The van der Waals surface area contributed by atoms with Crippen LogP contribution in [0.3, 0.4) is 0 Å². The number of amides is 2.